The van der Waals surface area contributed by atoms with Crippen LogP contribution in [0.2, 0.25) is 0 Å². The summed E-state index contributed by atoms with van der Waals surface area (Å²) in [5.41, 5.74) is 0. The molecular formula is C15H12BrF2N5O5. The maximum atomic E-state index is 13.2. The minimum absolute atomic E-state index is 0.0649. The molecule has 148 valence electrons. The number of carboxylic acid groups (broad SMARTS) is 1. The fraction of sp³-hybridized carbons (Fsp3) is 0.267. The standard InChI is InChI=1S/C15H12BrF2N5O5/c16-8-4-9(17)10(18)5-11(8)26-2-1-3-27-13-6-12(28-21-13)15-19-22-23(20-15)7-14(24)25/h4-6H,1-3,7H2,(H,24,25). The van der Waals surface area contributed by atoms with Gasteiger partial charge >= 0.3 is 5.97 Å². The highest BCUT2D eigenvalue weighted by atomic mass is 79.9. The summed E-state index contributed by atoms with van der Waals surface area (Å²) in [6.45, 7) is -0.0234. The van der Waals surface area contributed by atoms with Gasteiger partial charge in [0, 0.05) is 12.5 Å². The number of benzene rings is 1. The molecule has 3 aromatic rings. The van der Waals surface area contributed by atoms with Crippen LogP contribution in [0.3, 0.4) is 0 Å². The van der Waals surface area contributed by atoms with Crippen LogP contribution in [0.4, 0.5) is 8.78 Å². The van der Waals surface area contributed by atoms with Crippen molar-refractivity contribution in [3.63, 3.8) is 0 Å². The molecule has 2 heterocycles. The van der Waals surface area contributed by atoms with Crippen molar-refractivity contribution in [2.45, 2.75) is 13.0 Å². The molecule has 1 aromatic carbocycles. The Morgan fingerprint density at radius 2 is 1.96 bits per heavy atom. The topological polar surface area (TPSA) is 125 Å². The van der Waals surface area contributed by atoms with Crippen molar-refractivity contribution in [2.24, 2.45) is 0 Å². The summed E-state index contributed by atoms with van der Waals surface area (Å²) in [6.07, 6.45) is 0.431. The van der Waals surface area contributed by atoms with Gasteiger partial charge in [0.1, 0.15) is 5.75 Å². The number of aromatic nitrogens is 5. The first kappa shape index (κ1) is 19.7. The molecule has 0 spiro atoms. The molecule has 1 N–H and O–H groups in total. The van der Waals surface area contributed by atoms with E-state index < -0.39 is 24.1 Å². The Morgan fingerprint density at radius 3 is 2.75 bits per heavy atom. The van der Waals surface area contributed by atoms with Crippen molar-refractivity contribution < 1.29 is 32.7 Å². The van der Waals surface area contributed by atoms with Gasteiger partial charge in [-0.2, -0.15) is 4.80 Å². The number of aliphatic carboxylic acids is 1. The number of carboxylic acids is 1. The lowest BCUT2D eigenvalue weighted by Gasteiger charge is -2.08. The molecule has 2 aromatic heterocycles. The molecule has 13 heteroatoms. The fourth-order valence-electron chi connectivity index (χ4n) is 1.99. The van der Waals surface area contributed by atoms with Crippen LogP contribution in [0.1, 0.15) is 6.42 Å². The second kappa shape index (κ2) is 8.73. The molecule has 0 fully saturated rings. The first-order chi connectivity index (χ1) is 13.4. The predicted molar refractivity (Wildman–Crippen MR) is 90.6 cm³/mol. The maximum absolute atomic E-state index is 13.2. The normalized spacial score (nSPS) is 10.8. The lowest BCUT2D eigenvalue weighted by Crippen LogP contribution is -2.11. The number of rotatable bonds is 9. The lowest BCUT2D eigenvalue weighted by atomic mass is 10.3. The number of hydrogen-bond donors (Lipinski definition) is 1. The highest BCUT2D eigenvalue weighted by Crippen LogP contribution is 2.27. The van der Waals surface area contributed by atoms with Crippen LogP contribution in [-0.2, 0) is 11.3 Å². The third-order valence-electron chi connectivity index (χ3n) is 3.21. The van der Waals surface area contributed by atoms with E-state index in [1.54, 1.807) is 0 Å². The number of nitrogens with zero attached hydrogens (tertiary/aromatic N) is 5. The molecule has 3 rings (SSSR count). The first-order valence-corrected chi connectivity index (χ1v) is 8.58. The molecule has 28 heavy (non-hydrogen) atoms. The van der Waals surface area contributed by atoms with Crippen LogP contribution >= 0.6 is 15.9 Å². The molecule has 0 radical (unpaired) electrons. The molecule has 0 aliphatic rings. The average molecular weight is 460 g/mol. The zero-order chi connectivity index (χ0) is 20.1. The van der Waals surface area contributed by atoms with Crippen molar-refractivity contribution in [3.8, 4) is 23.2 Å². The molecule has 0 saturated heterocycles. The molecule has 0 aliphatic heterocycles. The van der Waals surface area contributed by atoms with E-state index in [4.69, 9.17) is 19.1 Å². The van der Waals surface area contributed by atoms with Gasteiger partial charge in [-0.3, -0.25) is 4.79 Å². The third-order valence-corrected chi connectivity index (χ3v) is 3.83. The molecular weight excluding hydrogens is 448 g/mol. The van der Waals surface area contributed by atoms with E-state index in [0.29, 0.717) is 10.9 Å². The predicted octanol–water partition coefficient (Wildman–Crippen LogP) is 2.30. The Labute approximate surface area is 164 Å². The molecule has 0 bridgehead atoms. The van der Waals surface area contributed by atoms with Crippen molar-refractivity contribution in [3.05, 3.63) is 34.3 Å². The third kappa shape index (κ3) is 5.00. The molecule has 0 aliphatic carbocycles. The van der Waals surface area contributed by atoms with Crippen molar-refractivity contribution in [1.82, 2.24) is 25.4 Å². The van der Waals surface area contributed by atoms with Crippen LogP contribution in [0.15, 0.2) is 27.2 Å². The smallest absolute Gasteiger partial charge is 0.327 e. The van der Waals surface area contributed by atoms with Gasteiger partial charge in [0.05, 0.1) is 23.8 Å². The first-order valence-electron chi connectivity index (χ1n) is 7.79. The molecule has 10 nitrogen and oxygen atoms in total. The van der Waals surface area contributed by atoms with Gasteiger partial charge in [0.15, 0.2) is 18.2 Å². The van der Waals surface area contributed by atoms with Crippen LogP contribution in [0, 0.1) is 11.6 Å². The van der Waals surface area contributed by atoms with Gasteiger partial charge in [0.25, 0.3) is 5.88 Å². The van der Waals surface area contributed by atoms with Crippen molar-refractivity contribution in [1.29, 1.82) is 0 Å². The zero-order valence-corrected chi connectivity index (χ0v) is 15.6. The van der Waals surface area contributed by atoms with Gasteiger partial charge in [0.2, 0.25) is 11.6 Å². The number of ether oxygens (including phenoxy) is 2. The van der Waals surface area contributed by atoms with Gasteiger partial charge in [-0.25, -0.2) is 8.78 Å². The van der Waals surface area contributed by atoms with Crippen molar-refractivity contribution >= 4 is 21.9 Å². The number of tetrazole rings is 1. The van der Waals surface area contributed by atoms with E-state index in [1.165, 1.54) is 6.07 Å². The van der Waals surface area contributed by atoms with Gasteiger partial charge < -0.3 is 19.1 Å². The van der Waals surface area contributed by atoms with Gasteiger partial charge in [-0.15, -0.1) is 10.2 Å². The number of halogens is 3. The van der Waals surface area contributed by atoms with E-state index >= 15 is 0 Å². The number of hydrogen-bond acceptors (Lipinski definition) is 8. The van der Waals surface area contributed by atoms with Crippen LogP contribution in [0.5, 0.6) is 11.6 Å². The zero-order valence-electron chi connectivity index (χ0n) is 14.0. The van der Waals surface area contributed by atoms with E-state index in [1.807, 2.05) is 0 Å². The molecule has 0 amide bonds. The summed E-state index contributed by atoms with van der Waals surface area (Å²) in [4.78, 5) is 11.5. The van der Waals surface area contributed by atoms with Crippen molar-refractivity contribution in [2.75, 3.05) is 13.2 Å². The number of carbonyl (C=O) groups is 1. The summed E-state index contributed by atoms with van der Waals surface area (Å²) in [5.74, 6) is -2.51. The Balaban J connectivity index is 1.45. The monoisotopic (exact) mass is 459 g/mol. The van der Waals surface area contributed by atoms with Crippen LogP contribution < -0.4 is 9.47 Å². The Kier molecular flexibility index (Phi) is 6.13. The maximum Gasteiger partial charge on any atom is 0.327 e. The lowest BCUT2D eigenvalue weighted by molar-refractivity contribution is -0.138. The summed E-state index contributed by atoms with van der Waals surface area (Å²) in [6, 6.07) is 3.36. The second-order valence-corrected chi connectivity index (χ2v) is 6.17. The Hall–Kier alpha value is -3.09. The summed E-state index contributed by atoms with van der Waals surface area (Å²) >= 11 is 3.09. The van der Waals surface area contributed by atoms with Gasteiger partial charge in [-0.1, -0.05) is 0 Å². The minimum Gasteiger partial charge on any atom is -0.492 e. The summed E-state index contributed by atoms with van der Waals surface area (Å²) < 4.78 is 42.3. The Morgan fingerprint density at radius 1 is 1.21 bits per heavy atom. The summed E-state index contributed by atoms with van der Waals surface area (Å²) in [7, 11) is 0. The highest BCUT2D eigenvalue weighted by molar-refractivity contribution is 9.10. The van der Waals surface area contributed by atoms with Crippen LogP contribution in [-0.4, -0.2) is 49.7 Å². The molecule has 0 unspecified atom stereocenters. The minimum atomic E-state index is -1.11. The van der Waals surface area contributed by atoms with E-state index in [-0.39, 0.29) is 36.4 Å². The van der Waals surface area contributed by atoms with E-state index in [9.17, 15) is 13.6 Å². The average Bonchev–Trinajstić information content (AvgIpc) is 3.27. The molecule has 0 saturated carbocycles. The SMILES string of the molecule is O=C(O)Cn1nnc(-c2cc(OCCCOc3cc(F)c(F)cc3Br)no2)n1. The van der Waals surface area contributed by atoms with Crippen LogP contribution in [0.25, 0.3) is 11.6 Å². The molecule has 0 atom stereocenters. The second-order valence-electron chi connectivity index (χ2n) is 5.31. The van der Waals surface area contributed by atoms with E-state index in [2.05, 4.69) is 36.5 Å². The quantitative estimate of drug-likeness (QED) is 0.378. The summed E-state index contributed by atoms with van der Waals surface area (Å²) in [5, 5.41) is 23.4. The largest absolute Gasteiger partial charge is 0.492 e. The highest BCUT2D eigenvalue weighted by Gasteiger charge is 2.14. The van der Waals surface area contributed by atoms with E-state index in [0.717, 1.165) is 16.9 Å². The van der Waals surface area contributed by atoms with Gasteiger partial charge in [-0.05, 0) is 32.4 Å². The fourth-order valence-corrected chi connectivity index (χ4v) is 2.42. The Bertz CT molecular complexity index is 980.